The third kappa shape index (κ3) is 3.80. The highest BCUT2D eigenvalue weighted by Gasteiger charge is 2.21. The minimum atomic E-state index is 0.701. The summed E-state index contributed by atoms with van der Waals surface area (Å²) in [6.07, 6.45) is 2.49. The molecule has 1 aliphatic rings. The van der Waals surface area contributed by atoms with E-state index >= 15 is 0 Å². The number of hydrogen-bond acceptors (Lipinski definition) is 2. The predicted octanol–water partition coefficient (Wildman–Crippen LogP) is 3.79. The van der Waals surface area contributed by atoms with Crippen LogP contribution in [-0.2, 0) is 6.54 Å². The minimum absolute atomic E-state index is 0.701. The number of nitrogens with zero attached hydrogens (tertiary/aromatic N) is 1. The van der Waals surface area contributed by atoms with Crippen LogP contribution >= 0.6 is 31.9 Å². The van der Waals surface area contributed by atoms with Crippen molar-refractivity contribution in [3.63, 3.8) is 0 Å². The van der Waals surface area contributed by atoms with Crippen molar-refractivity contribution >= 4 is 31.9 Å². The van der Waals surface area contributed by atoms with Gasteiger partial charge in [0.15, 0.2) is 0 Å². The summed E-state index contributed by atoms with van der Waals surface area (Å²) in [4.78, 5) is 2.61. The van der Waals surface area contributed by atoms with E-state index < -0.39 is 0 Å². The molecule has 0 amide bonds. The Bertz CT molecular complexity index is 389. The van der Waals surface area contributed by atoms with Gasteiger partial charge in [-0.15, -0.1) is 0 Å². The second-order valence-corrected chi connectivity index (χ2v) is 6.57. The van der Waals surface area contributed by atoms with Gasteiger partial charge in [0.05, 0.1) is 0 Å². The minimum Gasteiger partial charge on any atom is -0.315 e. The van der Waals surface area contributed by atoms with Crippen molar-refractivity contribution in [3.8, 4) is 0 Å². The van der Waals surface area contributed by atoms with Crippen LogP contribution in [-0.4, -0.2) is 30.6 Å². The second-order valence-electron chi connectivity index (χ2n) is 4.87. The van der Waals surface area contributed by atoms with Gasteiger partial charge < -0.3 is 5.32 Å². The van der Waals surface area contributed by atoms with E-state index in [1.54, 1.807) is 0 Å². The Hall–Kier alpha value is 0.1000. The van der Waals surface area contributed by atoms with Crippen LogP contribution in [0, 0.1) is 0 Å². The van der Waals surface area contributed by atoms with Gasteiger partial charge in [0.2, 0.25) is 0 Å². The van der Waals surface area contributed by atoms with Crippen molar-refractivity contribution in [1.82, 2.24) is 10.2 Å². The number of hydrogen-bond donors (Lipinski definition) is 1. The summed E-state index contributed by atoms with van der Waals surface area (Å²) >= 11 is 7.10. The van der Waals surface area contributed by atoms with Crippen LogP contribution in [0.4, 0.5) is 0 Å². The number of rotatable bonds is 5. The molecule has 0 saturated carbocycles. The Balaban J connectivity index is 2.04. The monoisotopic (exact) mass is 374 g/mol. The maximum Gasteiger partial charge on any atom is 0.0320 e. The molecule has 1 N–H and O–H groups in total. The molecular weight excluding hydrogens is 356 g/mol. The lowest BCUT2D eigenvalue weighted by Gasteiger charge is -2.28. The van der Waals surface area contributed by atoms with Gasteiger partial charge in [0, 0.05) is 28.1 Å². The average Bonchev–Trinajstić information content (AvgIpc) is 2.87. The van der Waals surface area contributed by atoms with E-state index in [9.17, 15) is 0 Å². The van der Waals surface area contributed by atoms with E-state index in [4.69, 9.17) is 0 Å². The Kier molecular flexibility index (Phi) is 5.67. The van der Waals surface area contributed by atoms with Crippen LogP contribution in [0.25, 0.3) is 0 Å². The molecule has 1 fully saturated rings. The molecule has 100 valence electrons. The highest BCUT2D eigenvalue weighted by Crippen LogP contribution is 2.25. The summed E-state index contributed by atoms with van der Waals surface area (Å²) < 4.78 is 2.26. The van der Waals surface area contributed by atoms with E-state index in [1.807, 2.05) is 0 Å². The van der Waals surface area contributed by atoms with Crippen molar-refractivity contribution in [2.24, 2.45) is 0 Å². The Morgan fingerprint density at radius 1 is 1.33 bits per heavy atom. The molecular formula is C14H20Br2N2. The van der Waals surface area contributed by atoms with Crippen molar-refractivity contribution in [1.29, 1.82) is 0 Å². The maximum absolute atomic E-state index is 3.58. The largest absolute Gasteiger partial charge is 0.315 e. The summed E-state index contributed by atoms with van der Waals surface area (Å²) in [5.41, 5.74) is 1.38. The fraction of sp³-hybridized carbons (Fsp3) is 0.571. The molecule has 0 aliphatic carbocycles. The molecule has 0 bridgehead atoms. The third-order valence-corrected chi connectivity index (χ3v) is 5.31. The van der Waals surface area contributed by atoms with E-state index in [0.717, 1.165) is 28.6 Å². The van der Waals surface area contributed by atoms with Gasteiger partial charge >= 0.3 is 0 Å². The van der Waals surface area contributed by atoms with Crippen LogP contribution in [0.1, 0.15) is 25.3 Å². The topological polar surface area (TPSA) is 15.3 Å². The highest BCUT2D eigenvalue weighted by atomic mass is 79.9. The number of benzene rings is 1. The second kappa shape index (κ2) is 7.04. The third-order valence-electron chi connectivity index (χ3n) is 3.43. The first-order valence-electron chi connectivity index (χ1n) is 6.59. The Labute approximate surface area is 126 Å². The lowest BCUT2D eigenvalue weighted by molar-refractivity contribution is 0.199. The molecule has 2 nitrogen and oxygen atoms in total. The van der Waals surface area contributed by atoms with E-state index in [2.05, 4.69) is 67.2 Å². The first-order valence-corrected chi connectivity index (χ1v) is 8.18. The first-order chi connectivity index (χ1) is 8.70. The molecule has 1 unspecified atom stereocenters. The quantitative estimate of drug-likeness (QED) is 0.842. The molecule has 1 heterocycles. The summed E-state index contributed by atoms with van der Waals surface area (Å²) in [6, 6.07) is 7.25. The van der Waals surface area contributed by atoms with Crippen molar-refractivity contribution in [3.05, 3.63) is 32.7 Å². The SMILES string of the molecule is CCCN(Cc1ccc(Br)c(Br)c1)C1CCNC1. The molecule has 0 spiro atoms. The summed E-state index contributed by atoms with van der Waals surface area (Å²) in [5, 5.41) is 3.46. The number of nitrogens with one attached hydrogen (secondary N) is 1. The molecule has 1 atom stereocenters. The number of halogens is 2. The van der Waals surface area contributed by atoms with Gasteiger partial charge in [0.25, 0.3) is 0 Å². The molecule has 0 aromatic heterocycles. The van der Waals surface area contributed by atoms with Gasteiger partial charge in [-0.2, -0.15) is 0 Å². The van der Waals surface area contributed by atoms with Crippen LogP contribution in [0.15, 0.2) is 27.1 Å². The van der Waals surface area contributed by atoms with Crippen LogP contribution in [0.3, 0.4) is 0 Å². The standard InChI is InChI=1S/C14H20Br2N2/c1-2-7-18(12-5-6-17-9-12)10-11-3-4-13(15)14(16)8-11/h3-4,8,12,17H,2,5-7,9-10H2,1H3. The Morgan fingerprint density at radius 2 is 2.17 bits per heavy atom. The van der Waals surface area contributed by atoms with E-state index in [-0.39, 0.29) is 0 Å². The fourth-order valence-corrected chi connectivity index (χ4v) is 3.17. The molecule has 1 aromatic carbocycles. The van der Waals surface area contributed by atoms with Gasteiger partial charge in [0.1, 0.15) is 0 Å². The van der Waals surface area contributed by atoms with Crippen LogP contribution in [0.2, 0.25) is 0 Å². The van der Waals surface area contributed by atoms with E-state index in [0.29, 0.717) is 6.04 Å². The molecule has 18 heavy (non-hydrogen) atoms. The zero-order chi connectivity index (χ0) is 13.0. The maximum atomic E-state index is 3.58. The van der Waals surface area contributed by atoms with Gasteiger partial charge in [-0.05, 0) is 75.5 Å². The molecule has 1 saturated heterocycles. The van der Waals surface area contributed by atoms with E-state index in [1.165, 1.54) is 24.9 Å². The molecule has 2 rings (SSSR count). The zero-order valence-corrected chi connectivity index (χ0v) is 13.9. The Morgan fingerprint density at radius 3 is 2.78 bits per heavy atom. The lowest BCUT2D eigenvalue weighted by atomic mass is 10.1. The molecule has 1 aliphatic heterocycles. The fourth-order valence-electron chi connectivity index (χ4n) is 2.50. The van der Waals surface area contributed by atoms with Crippen LogP contribution in [0.5, 0.6) is 0 Å². The zero-order valence-electron chi connectivity index (χ0n) is 10.8. The van der Waals surface area contributed by atoms with Crippen molar-refractivity contribution in [2.45, 2.75) is 32.4 Å². The highest BCUT2D eigenvalue weighted by molar-refractivity contribution is 9.13. The van der Waals surface area contributed by atoms with Gasteiger partial charge in [-0.1, -0.05) is 13.0 Å². The normalized spacial score (nSPS) is 19.7. The average molecular weight is 376 g/mol. The predicted molar refractivity (Wildman–Crippen MR) is 83.8 cm³/mol. The van der Waals surface area contributed by atoms with Crippen LogP contribution < -0.4 is 5.32 Å². The molecule has 0 radical (unpaired) electrons. The lowest BCUT2D eigenvalue weighted by Crippen LogP contribution is -2.36. The van der Waals surface area contributed by atoms with Crippen molar-refractivity contribution < 1.29 is 0 Å². The van der Waals surface area contributed by atoms with Crippen molar-refractivity contribution in [2.75, 3.05) is 19.6 Å². The van der Waals surface area contributed by atoms with Gasteiger partial charge in [-0.3, -0.25) is 4.90 Å². The molecule has 1 aromatic rings. The molecule has 4 heteroatoms. The van der Waals surface area contributed by atoms with Gasteiger partial charge in [-0.25, -0.2) is 0 Å². The smallest absolute Gasteiger partial charge is 0.0320 e. The summed E-state index contributed by atoms with van der Waals surface area (Å²) in [5.74, 6) is 0. The first kappa shape index (κ1) is 14.5. The summed E-state index contributed by atoms with van der Waals surface area (Å²) in [7, 11) is 0. The summed E-state index contributed by atoms with van der Waals surface area (Å²) in [6.45, 7) is 6.78.